The molecule has 0 radical (unpaired) electrons. The molecule has 3 rings (SSSR count). The van der Waals surface area contributed by atoms with Crippen molar-refractivity contribution in [3.8, 4) is 0 Å². The Kier molecular flexibility index (Phi) is 11.2. The van der Waals surface area contributed by atoms with E-state index in [1.807, 2.05) is 11.8 Å². The first-order valence-corrected chi connectivity index (χ1v) is 13.3. The fourth-order valence-electron chi connectivity index (χ4n) is 3.69. The van der Waals surface area contributed by atoms with E-state index >= 15 is 0 Å². The summed E-state index contributed by atoms with van der Waals surface area (Å²) in [6.07, 6.45) is 5.95. The number of carbonyl (C=O) groups is 2. The number of halogens is 1. The van der Waals surface area contributed by atoms with Crippen molar-refractivity contribution in [2.45, 2.75) is 49.8 Å². The summed E-state index contributed by atoms with van der Waals surface area (Å²) in [6, 6.07) is 24.3. The lowest BCUT2D eigenvalue weighted by molar-refractivity contribution is -0.139. The van der Waals surface area contributed by atoms with Crippen LogP contribution < -0.4 is 5.32 Å². The third-order valence-electron chi connectivity index (χ3n) is 5.68. The molecule has 35 heavy (non-hydrogen) atoms. The van der Waals surface area contributed by atoms with Crippen LogP contribution in [0.2, 0.25) is 5.02 Å². The van der Waals surface area contributed by atoms with Crippen molar-refractivity contribution in [2.75, 3.05) is 18.2 Å². The molecule has 0 fully saturated rings. The number of rotatable bonds is 13. The van der Waals surface area contributed by atoms with Gasteiger partial charge in [-0.2, -0.15) is 0 Å². The first-order valence-electron chi connectivity index (χ1n) is 11.9. The second-order valence-corrected chi connectivity index (χ2v) is 9.97. The molecule has 3 aromatic carbocycles. The zero-order chi connectivity index (χ0) is 24.9. The fourth-order valence-corrected chi connectivity index (χ4v) is 4.79. The van der Waals surface area contributed by atoms with Crippen molar-refractivity contribution >= 4 is 40.9 Å². The Morgan fingerprint density at radius 2 is 1.63 bits per heavy atom. The van der Waals surface area contributed by atoms with E-state index in [1.54, 1.807) is 18.2 Å². The van der Waals surface area contributed by atoms with E-state index in [9.17, 15) is 9.59 Å². The minimum Gasteiger partial charge on any atom is -0.469 e. The summed E-state index contributed by atoms with van der Waals surface area (Å²) in [5, 5.41) is 3.35. The predicted molar refractivity (Wildman–Crippen MR) is 145 cm³/mol. The number of unbranched alkanes of at least 4 members (excludes halogenated alkanes) is 2. The van der Waals surface area contributed by atoms with Gasteiger partial charge in [0.25, 0.3) is 0 Å². The molecule has 184 valence electrons. The summed E-state index contributed by atoms with van der Waals surface area (Å²) >= 11 is 8.03. The topological polar surface area (TPSA) is 55.4 Å². The van der Waals surface area contributed by atoms with E-state index in [4.69, 9.17) is 16.3 Å². The maximum atomic E-state index is 12.4. The maximum absolute atomic E-state index is 12.4. The summed E-state index contributed by atoms with van der Waals surface area (Å²) in [5.41, 5.74) is 3.80. The molecule has 0 unspecified atom stereocenters. The van der Waals surface area contributed by atoms with E-state index in [0.717, 1.165) is 17.7 Å². The van der Waals surface area contributed by atoms with Crippen molar-refractivity contribution < 1.29 is 14.3 Å². The lowest BCUT2D eigenvalue weighted by Crippen LogP contribution is -2.13. The average Bonchev–Trinajstić information content (AvgIpc) is 2.88. The van der Waals surface area contributed by atoms with Gasteiger partial charge in [-0.05, 0) is 78.5 Å². The van der Waals surface area contributed by atoms with Crippen molar-refractivity contribution in [3.63, 3.8) is 0 Å². The van der Waals surface area contributed by atoms with Crippen LogP contribution in [0, 0.1) is 0 Å². The molecule has 6 heteroatoms. The van der Waals surface area contributed by atoms with Crippen molar-refractivity contribution in [1.29, 1.82) is 0 Å². The number of ether oxygens (including phenoxy) is 1. The van der Waals surface area contributed by atoms with E-state index in [1.165, 1.54) is 36.8 Å². The van der Waals surface area contributed by atoms with Gasteiger partial charge in [-0.1, -0.05) is 60.5 Å². The number of esters is 1. The molecule has 3 aromatic rings. The Bertz CT molecular complexity index is 1090. The summed E-state index contributed by atoms with van der Waals surface area (Å²) in [4.78, 5) is 25.2. The lowest BCUT2D eigenvalue weighted by Gasteiger charge is -2.09. The van der Waals surface area contributed by atoms with Crippen molar-refractivity contribution in [1.82, 2.24) is 0 Å². The molecular weight excluding hydrogens is 478 g/mol. The molecular formula is C29H32ClNO3S. The Morgan fingerprint density at radius 1 is 0.886 bits per heavy atom. The molecule has 0 saturated heterocycles. The van der Waals surface area contributed by atoms with Gasteiger partial charge in [0.15, 0.2) is 0 Å². The number of benzene rings is 3. The molecule has 1 amide bonds. The molecule has 1 N–H and O–H groups in total. The maximum Gasteiger partial charge on any atom is 0.310 e. The first-order chi connectivity index (χ1) is 17.0. The molecule has 0 heterocycles. The van der Waals surface area contributed by atoms with Crippen molar-refractivity contribution in [2.24, 2.45) is 0 Å². The Hall–Kier alpha value is -2.76. The number of hydrogen-bond donors (Lipinski definition) is 1. The highest BCUT2D eigenvalue weighted by molar-refractivity contribution is 7.99. The highest BCUT2D eigenvalue weighted by atomic mass is 35.5. The van der Waals surface area contributed by atoms with Crippen LogP contribution in [0.4, 0.5) is 5.69 Å². The van der Waals surface area contributed by atoms with Crippen LogP contribution in [0.3, 0.4) is 0 Å². The smallest absolute Gasteiger partial charge is 0.310 e. The zero-order valence-corrected chi connectivity index (χ0v) is 21.7. The molecule has 0 aliphatic carbocycles. The molecule has 0 aromatic heterocycles. The largest absolute Gasteiger partial charge is 0.469 e. The SMILES string of the molecule is COC(=O)Cc1cc(NC(=O)CCc2ccc(SCCCCCc3ccccc3)cc2)ccc1Cl. The van der Waals surface area contributed by atoms with Gasteiger partial charge in [0.2, 0.25) is 5.91 Å². The third kappa shape index (κ3) is 9.79. The standard InChI is InChI=1S/C29H32ClNO3S/c1-34-29(33)21-24-20-25(14-17-27(24)30)31-28(32)18-13-23-11-15-26(16-12-23)35-19-7-3-6-10-22-8-4-2-5-9-22/h2,4-5,8-9,11-12,14-17,20H,3,6-7,10,13,18-19,21H2,1H3,(H,31,32). The van der Waals surface area contributed by atoms with Gasteiger partial charge in [-0.3, -0.25) is 9.59 Å². The van der Waals surface area contributed by atoms with Crippen LogP contribution in [0.15, 0.2) is 77.7 Å². The summed E-state index contributed by atoms with van der Waals surface area (Å²) in [5.74, 6) is 0.667. The number of anilines is 1. The quantitative estimate of drug-likeness (QED) is 0.151. The van der Waals surface area contributed by atoms with E-state index in [-0.39, 0.29) is 18.3 Å². The Morgan fingerprint density at radius 3 is 2.37 bits per heavy atom. The second-order valence-electron chi connectivity index (χ2n) is 8.40. The number of hydrogen-bond acceptors (Lipinski definition) is 4. The van der Waals surface area contributed by atoms with Crippen LogP contribution in [-0.2, 0) is 33.6 Å². The minimum atomic E-state index is -0.375. The first kappa shape index (κ1) is 26.8. The summed E-state index contributed by atoms with van der Waals surface area (Å²) in [6.45, 7) is 0. The van der Waals surface area contributed by atoms with E-state index in [2.05, 4.69) is 59.9 Å². The minimum absolute atomic E-state index is 0.0666. The van der Waals surface area contributed by atoms with Gasteiger partial charge in [0, 0.05) is 22.0 Å². The molecule has 0 spiro atoms. The number of carbonyl (C=O) groups excluding carboxylic acids is 2. The summed E-state index contributed by atoms with van der Waals surface area (Å²) in [7, 11) is 1.33. The van der Waals surface area contributed by atoms with Crippen LogP contribution in [-0.4, -0.2) is 24.7 Å². The van der Waals surface area contributed by atoms with Crippen LogP contribution in [0.25, 0.3) is 0 Å². The van der Waals surface area contributed by atoms with E-state index < -0.39 is 0 Å². The number of nitrogens with one attached hydrogen (secondary N) is 1. The molecule has 0 bridgehead atoms. The lowest BCUT2D eigenvalue weighted by atomic mass is 10.1. The van der Waals surface area contributed by atoms with Gasteiger partial charge >= 0.3 is 5.97 Å². The highest BCUT2D eigenvalue weighted by Crippen LogP contribution is 2.23. The fraction of sp³-hybridized carbons (Fsp3) is 0.310. The summed E-state index contributed by atoms with van der Waals surface area (Å²) < 4.78 is 4.69. The van der Waals surface area contributed by atoms with Crippen LogP contribution in [0.5, 0.6) is 0 Å². The molecule has 0 aliphatic rings. The van der Waals surface area contributed by atoms with Gasteiger partial charge in [0.05, 0.1) is 13.5 Å². The highest BCUT2D eigenvalue weighted by Gasteiger charge is 2.10. The van der Waals surface area contributed by atoms with Gasteiger partial charge in [-0.25, -0.2) is 0 Å². The Balaban J connectivity index is 1.35. The molecule has 0 aliphatic heterocycles. The van der Waals surface area contributed by atoms with Crippen molar-refractivity contribution in [3.05, 3.63) is 94.5 Å². The third-order valence-corrected chi connectivity index (χ3v) is 7.14. The monoisotopic (exact) mass is 509 g/mol. The Labute approximate surface area is 217 Å². The van der Waals surface area contributed by atoms with Crippen LogP contribution >= 0.6 is 23.4 Å². The molecule has 0 saturated carbocycles. The van der Waals surface area contributed by atoms with E-state index in [0.29, 0.717) is 29.1 Å². The predicted octanol–water partition coefficient (Wildman–Crippen LogP) is 7.13. The normalized spacial score (nSPS) is 10.7. The number of amides is 1. The number of aryl methyl sites for hydroxylation is 2. The van der Waals surface area contributed by atoms with Gasteiger partial charge < -0.3 is 10.1 Å². The molecule has 0 atom stereocenters. The zero-order valence-electron chi connectivity index (χ0n) is 20.1. The number of methoxy groups -OCH3 is 1. The second kappa shape index (κ2) is 14.6. The average molecular weight is 510 g/mol. The molecule has 4 nitrogen and oxygen atoms in total. The number of thioether (sulfide) groups is 1. The van der Waals surface area contributed by atoms with Crippen LogP contribution in [0.1, 0.15) is 42.4 Å². The van der Waals surface area contributed by atoms with Gasteiger partial charge in [0.1, 0.15) is 0 Å². The van der Waals surface area contributed by atoms with Gasteiger partial charge in [-0.15, -0.1) is 11.8 Å².